The maximum absolute atomic E-state index is 5.83. The lowest BCUT2D eigenvalue weighted by atomic mass is 10.2. The molecule has 0 unspecified atom stereocenters. The Balaban J connectivity index is 0.00000264. The molecule has 1 heterocycles. The molecule has 0 radical (unpaired) electrons. The van der Waals surface area contributed by atoms with Gasteiger partial charge in [-0.1, -0.05) is 30.3 Å². The fourth-order valence-corrected chi connectivity index (χ4v) is 2.67. The van der Waals surface area contributed by atoms with Gasteiger partial charge in [-0.25, -0.2) is 9.98 Å². The van der Waals surface area contributed by atoms with Crippen molar-refractivity contribution in [1.29, 1.82) is 0 Å². The average Bonchev–Trinajstić information content (AvgIpc) is 3.02. The highest BCUT2D eigenvalue weighted by Crippen LogP contribution is 2.23. The van der Waals surface area contributed by atoms with Gasteiger partial charge in [0.15, 0.2) is 5.96 Å². The third-order valence-electron chi connectivity index (χ3n) is 2.96. The predicted molar refractivity (Wildman–Crippen MR) is 107 cm³/mol. The Morgan fingerprint density at radius 1 is 1.35 bits per heavy atom. The molecule has 2 aromatic rings. The third-order valence-corrected chi connectivity index (χ3v) is 3.90. The molecule has 7 heteroatoms. The molecule has 0 spiro atoms. The van der Waals surface area contributed by atoms with E-state index in [1.54, 1.807) is 11.3 Å². The number of benzene rings is 1. The van der Waals surface area contributed by atoms with E-state index >= 15 is 0 Å². The number of thiazole rings is 1. The summed E-state index contributed by atoms with van der Waals surface area (Å²) < 4.78 is 5.26. The summed E-state index contributed by atoms with van der Waals surface area (Å²) in [5, 5.41) is 6.10. The standard InChI is InChI=1S/C16H22N4OS.HI/c1-2-21-10-6-9-18-16(17)19-11-14-12-22-15(20-14)13-7-4-3-5-8-13;/h3-5,7-8,12H,2,6,9-11H2,1H3,(H3,17,18,19);1H. The third kappa shape index (κ3) is 7.28. The summed E-state index contributed by atoms with van der Waals surface area (Å²) in [5.74, 6) is 0.450. The SMILES string of the molecule is CCOCCCNC(N)=NCc1csc(-c2ccccc2)n1.I. The highest BCUT2D eigenvalue weighted by Gasteiger charge is 2.03. The van der Waals surface area contributed by atoms with E-state index in [0.29, 0.717) is 12.5 Å². The second kappa shape index (κ2) is 11.4. The van der Waals surface area contributed by atoms with Crippen LogP contribution in [0.1, 0.15) is 19.0 Å². The number of nitrogens with one attached hydrogen (secondary N) is 1. The van der Waals surface area contributed by atoms with Crippen LogP contribution in [0.3, 0.4) is 0 Å². The zero-order chi connectivity index (χ0) is 15.6. The van der Waals surface area contributed by atoms with Crippen LogP contribution in [0, 0.1) is 0 Å². The molecule has 3 N–H and O–H groups in total. The molecule has 126 valence electrons. The molecule has 0 atom stereocenters. The average molecular weight is 446 g/mol. The highest BCUT2D eigenvalue weighted by molar-refractivity contribution is 14.0. The molecule has 0 aliphatic rings. The molecule has 23 heavy (non-hydrogen) atoms. The minimum atomic E-state index is 0. The minimum Gasteiger partial charge on any atom is -0.382 e. The van der Waals surface area contributed by atoms with Gasteiger partial charge in [0.05, 0.1) is 12.2 Å². The molecule has 0 saturated carbocycles. The molecule has 0 aliphatic heterocycles. The van der Waals surface area contributed by atoms with E-state index in [-0.39, 0.29) is 24.0 Å². The number of rotatable bonds is 8. The van der Waals surface area contributed by atoms with Crippen molar-refractivity contribution < 1.29 is 4.74 Å². The monoisotopic (exact) mass is 446 g/mol. The van der Waals surface area contributed by atoms with Crippen molar-refractivity contribution in [3.8, 4) is 10.6 Å². The number of halogens is 1. The van der Waals surface area contributed by atoms with E-state index in [4.69, 9.17) is 10.5 Å². The van der Waals surface area contributed by atoms with E-state index in [9.17, 15) is 0 Å². The van der Waals surface area contributed by atoms with Crippen molar-refractivity contribution >= 4 is 41.3 Å². The summed E-state index contributed by atoms with van der Waals surface area (Å²) in [6.45, 7) is 4.73. The van der Waals surface area contributed by atoms with Gasteiger partial charge in [-0.05, 0) is 13.3 Å². The van der Waals surface area contributed by atoms with Crippen LogP contribution in [0.4, 0.5) is 0 Å². The molecule has 0 bridgehead atoms. The number of nitrogens with two attached hydrogens (primary N) is 1. The van der Waals surface area contributed by atoms with E-state index in [1.165, 1.54) is 0 Å². The topological polar surface area (TPSA) is 72.5 Å². The number of nitrogens with zero attached hydrogens (tertiary/aromatic N) is 2. The van der Waals surface area contributed by atoms with Crippen LogP contribution in [0.25, 0.3) is 10.6 Å². The van der Waals surface area contributed by atoms with Crippen LogP contribution in [0.5, 0.6) is 0 Å². The van der Waals surface area contributed by atoms with Crippen LogP contribution >= 0.6 is 35.3 Å². The van der Waals surface area contributed by atoms with Crippen LogP contribution in [-0.2, 0) is 11.3 Å². The first-order chi connectivity index (χ1) is 10.8. The summed E-state index contributed by atoms with van der Waals surface area (Å²) in [4.78, 5) is 8.89. The minimum absolute atomic E-state index is 0. The second-order valence-electron chi connectivity index (χ2n) is 4.69. The number of hydrogen-bond acceptors (Lipinski definition) is 4. The van der Waals surface area contributed by atoms with Crippen LogP contribution < -0.4 is 11.1 Å². The summed E-state index contributed by atoms with van der Waals surface area (Å²) in [6, 6.07) is 10.1. The maximum atomic E-state index is 5.83. The first-order valence-corrected chi connectivity index (χ1v) is 8.29. The van der Waals surface area contributed by atoms with Crippen molar-refractivity contribution in [3.63, 3.8) is 0 Å². The van der Waals surface area contributed by atoms with Crippen molar-refractivity contribution in [2.45, 2.75) is 19.9 Å². The van der Waals surface area contributed by atoms with Gasteiger partial charge in [-0.15, -0.1) is 35.3 Å². The van der Waals surface area contributed by atoms with Gasteiger partial charge in [0.2, 0.25) is 0 Å². The Morgan fingerprint density at radius 2 is 2.13 bits per heavy atom. The lowest BCUT2D eigenvalue weighted by Gasteiger charge is -2.05. The van der Waals surface area contributed by atoms with E-state index in [2.05, 4.69) is 27.4 Å². The fraction of sp³-hybridized carbons (Fsp3) is 0.375. The Morgan fingerprint density at radius 3 is 2.87 bits per heavy atom. The molecule has 0 aliphatic carbocycles. The summed E-state index contributed by atoms with van der Waals surface area (Å²) in [6.07, 6.45) is 0.916. The van der Waals surface area contributed by atoms with Crippen molar-refractivity contribution in [3.05, 3.63) is 41.4 Å². The molecular formula is C16H23IN4OS. The van der Waals surface area contributed by atoms with Gasteiger partial charge in [0.1, 0.15) is 5.01 Å². The molecule has 0 amide bonds. The molecule has 1 aromatic heterocycles. The smallest absolute Gasteiger partial charge is 0.188 e. The van der Waals surface area contributed by atoms with E-state index < -0.39 is 0 Å². The van der Waals surface area contributed by atoms with Crippen molar-refractivity contribution in [2.24, 2.45) is 10.7 Å². The number of aliphatic imine (C=N–C) groups is 1. The Kier molecular flexibility index (Phi) is 9.81. The molecule has 1 aromatic carbocycles. The quantitative estimate of drug-likeness (QED) is 0.283. The van der Waals surface area contributed by atoms with Crippen LogP contribution in [0.2, 0.25) is 0 Å². The van der Waals surface area contributed by atoms with E-state index in [0.717, 1.165) is 42.4 Å². The molecule has 0 fully saturated rings. The summed E-state index contributed by atoms with van der Waals surface area (Å²) in [7, 11) is 0. The lowest BCUT2D eigenvalue weighted by molar-refractivity contribution is 0.145. The van der Waals surface area contributed by atoms with Gasteiger partial charge in [0.25, 0.3) is 0 Å². The number of aromatic nitrogens is 1. The van der Waals surface area contributed by atoms with Gasteiger partial charge in [0, 0.05) is 30.7 Å². The first kappa shape index (κ1) is 19.9. The zero-order valence-electron chi connectivity index (χ0n) is 13.2. The Bertz CT molecular complexity index is 589. The Labute approximate surface area is 158 Å². The Hall–Kier alpha value is -1.19. The normalized spacial score (nSPS) is 11.1. The predicted octanol–water partition coefficient (Wildman–Crippen LogP) is 3.26. The summed E-state index contributed by atoms with van der Waals surface area (Å²) in [5.41, 5.74) is 7.89. The number of ether oxygens (including phenoxy) is 1. The number of hydrogen-bond donors (Lipinski definition) is 2. The molecule has 2 rings (SSSR count). The summed E-state index contributed by atoms with van der Waals surface area (Å²) >= 11 is 1.62. The van der Waals surface area contributed by atoms with Gasteiger partial charge in [-0.2, -0.15) is 0 Å². The van der Waals surface area contributed by atoms with E-state index in [1.807, 2.05) is 30.5 Å². The van der Waals surface area contributed by atoms with Crippen LogP contribution in [-0.4, -0.2) is 30.7 Å². The van der Waals surface area contributed by atoms with Gasteiger partial charge >= 0.3 is 0 Å². The van der Waals surface area contributed by atoms with Crippen molar-refractivity contribution in [1.82, 2.24) is 10.3 Å². The maximum Gasteiger partial charge on any atom is 0.188 e. The van der Waals surface area contributed by atoms with Gasteiger partial charge in [-0.3, -0.25) is 0 Å². The first-order valence-electron chi connectivity index (χ1n) is 7.41. The largest absolute Gasteiger partial charge is 0.382 e. The molecular weight excluding hydrogens is 423 g/mol. The molecule has 0 saturated heterocycles. The molecule has 5 nitrogen and oxygen atoms in total. The highest BCUT2D eigenvalue weighted by atomic mass is 127. The fourth-order valence-electron chi connectivity index (χ4n) is 1.85. The number of guanidine groups is 1. The van der Waals surface area contributed by atoms with Crippen molar-refractivity contribution in [2.75, 3.05) is 19.8 Å². The lowest BCUT2D eigenvalue weighted by Crippen LogP contribution is -2.32. The van der Waals surface area contributed by atoms with Crippen LogP contribution in [0.15, 0.2) is 40.7 Å². The zero-order valence-corrected chi connectivity index (χ0v) is 16.3. The van der Waals surface area contributed by atoms with Gasteiger partial charge < -0.3 is 15.8 Å². The second-order valence-corrected chi connectivity index (χ2v) is 5.55.